The van der Waals surface area contributed by atoms with E-state index in [1.807, 2.05) is 24.6 Å². The molecule has 29 heavy (non-hydrogen) atoms. The van der Waals surface area contributed by atoms with E-state index in [1.54, 1.807) is 6.07 Å². The van der Waals surface area contributed by atoms with E-state index in [-0.39, 0.29) is 0 Å². The Hall–Kier alpha value is -1.72. The number of aliphatic imine (C=N–C) groups is 1. The normalized spacial score (nSPS) is 16.8. The van der Waals surface area contributed by atoms with Crippen LogP contribution in [0.2, 0.25) is 4.34 Å². The summed E-state index contributed by atoms with van der Waals surface area (Å²) in [6.45, 7) is 7.71. The van der Waals surface area contributed by atoms with Crippen LogP contribution in [0.15, 0.2) is 17.1 Å². The minimum Gasteiger partial charge on any atom is -0.386 e. The SMILES string of the molecule is Cc1nnc(CN=C(NCCN2CCOCC2)NCC(O)c2ccc(Cl)s2)n1C. The van der Waals surface area contributed by atoms with Gasteiger partial charge >= 0.3 is 0 Å². The fourth-order valence-corrected chi connectivity index (χ4v) is 3.92. The Bertz CT molecular complexity index is 804. The molecular formula is C18H28ClN7O2S. The molecule has 9 nitrogen and oxygen atoms in total. The molecule has 1 saturated heterocycles. The molecule has 0 amide bonds. The van der Waals surface area contributed by atoms with Crippen LogP contribution < -0.4 is 10.6 Å². The summed E-state index contributed by atoms with van der Waals surface area (Å²) in [5.74, 6) is 2.25. The second kappa shape index (κ2) is 10.9. The smallest absolute Gasteiger partial charge is 0.191 e. The molecule has 0 saturated carbocycles. The van der Waals surface area contributed by atoms with Crippen LogP contribution in [0.3, 0.4) is 0 Å². The quantitative estimate of drug-likeness (QED) is 0.414. The van der Waals surface area contributed by atoms with E-state index in [2.05, 4.69) is 30.7 Å². The van der Waals surface area contributed by atoms with Gasteiger partial charge in [-0.2, -0.15) is 0 Å². The highest BCUT2D eigenvalue weighted by atomic mass is 35.5. The molecule has 0 bridgehead atoms. The molecule has 1 aliphatic rings. The van der Waals surface area contributed by atoms with Gasteiger partial charge < -0.3 is 25.0 Å². The summed E-state index contributed by atoms with van der Waals surface area (Å²) in [5.41, 5.74) is 0. The van der Waals surface area contributed by atoms with Crippen LogP contribution in [0.5, 0.6) is 0 Å². The molecule has 2 aromatic rings. The second-order valence-corrected chi connectivity index (χ2v) is 8.55. The van der Waals surface area contributed by atoms with Gasteiger partial charge in [-0.1, -0.05) is 11.6 Å². The number of nitrogens with zero attached hydrogens (tertiary/aromatic N) is 5. The Balaban J connectivity index is 1.56. The predicted molar refractivity (Wildman–Crippen MR) is 114 cm³/mol. The highest BCUT2D eigenvalue weighted by Gasteiger charge is 2.13. The lowest BCUT2D eigenvalue weighted by Gasteiger charge is -2.26. The number of aliphatic hydroxyl groups is 1. The van der Waals surface area contributed by atoms with Crippen molar-refractivity contribution in [3.05, 3.63) is 33.0 Å². The summed E-state index contributed by atoms with van der Waals surface area (Å²) in [5, 5.41) is 25.2. The molecule has 1 atom stereocenters. The van der Waals surface area contributed by atoms with E-state index in [9.17, 15) is 5.11 Å². The lowest BCUT2D eigenvalue weighted by atomic mass is 10.3. The van der Waals surface area contributed by atoms with Crippen LogP contribution >= 0.6 is 22.9 Å². The van der Waals surface area contributed by atoms with Crippen LogP contribution in [-0.2, 0) is 18.3 Å². The van der Waals surface area contributed by atoms with Crippen molar-refractivity contribution >= 4 is 28.9 Å². The van der Waals surface area contributed by atoms with E-state index in [0.29, 0.717) is 23.4 Å². The first-order valence-electron chi connectivity index (χ1n) is 9.63. The largest absolute Gasteiger partial charge is 0.386 e. The van der Waals surface area contributed by atoms with Crippen molar-refractivity contribution in [1.82, 2.24) is 30.3 Å². The molecule has 11 heteroatoms. The number of guanidine groups is 1. The third kappa shape index (κ3) is 6.65. The first kappa shape index (κ1) is 22.0. The zero-order valence-corrected chi connectivity index (χ0v) is 18.3. The molecular weight excluding hydrogens is 414 g/mol. The highest BCUT2D eigenvalue weighted by molar-refractivity contribution is 7.16. The van der Waals surface area contributed by atoms with Gasteiger partial charge in [0.05, 0.1) is 17.6 Å². The summed E-state index contributed by atoms with van der Waals surface area (Å²) in [4.78, 5) is 7.78. The lowest BCUT2D eigenvalue weighted by molar-refractivity contribution is 0.0389. The maximum atomic E-state index is 10.4. The van der Waals surface area contributed by atoms with E-state index in [0.717, 1.165) is 55.9 Å². The van der Waals surface area contributed by atoms with Crippen LogP contribution in [0.25, 0.3) is 0 Å². The number of ether oxygens (including phenoxy) is 1. The van der Waals surface area contributed by atoms with Crippen LogP contribution in [0.4, 0.5) is 0 Å². The van der Waals surface area contributed by atoms with E-state index in [4.69, 9.17) is 16.3 Å². The number of morpholine rings is 1. The van der Waals surface area contributed by atoms with Crippen LogP contribution in [0.1, 0.15) is 22.6 Å². The van der Waals surface area contributed by atoms with E-state index >= 15 is 0 Å². The molecule has 0 spiro atoms. The molecule has 2 aromatic heterocycles. The fourth-order valence-electron chi connectivity index (χ4n) is 2.87. The van der Waals surface area contributed by atoms with Gasteiger partial charge in [-0.25, -0.2) is 4.99 Å². The Kier molecular flexibility index (Phi) is 8.25. The molecule has 3 N–H and O–H groups in total. The third-order valence-corrected chi connectivity index (χ3v) is 6.10. The molecule has 160 valence electrons. The molecule has 1 aliphatic heterocycles. The number of aromatic nitrogens is 3. The fraction of sp³-hybridized carbons (Fsp3) is 0.611. The van der Waals surface area contributed by atoms with Gasteiger partial charge in [-0.05, 0) is 19.1 Å². The molecule has 1 fully saturated rings. The maximum absolute atomic E-state index is 10.4. The minimum absolute atomic E-state index is 0.331. The average molecular weight is 442 g/mol. The van der Waals surface area contributed by atoms with Gasteiger partial charge in [0.1, 0.15) is 18.5 Å². The molecule has 3 rings (SSSR count). The number of halogens is 1. The monoisotopic (exact) mass is 441 g/mol. The number of aliphatic hydroxyl groups excluding tert-OH is 1. The van der Waals surface area contributed by atoms with Crippen molar-refractivity contribution in [2.75, 3.05) is 45.9 Å². The molecule has 1 unspecified atom stereocenters. The van der Waals surface area contributed by atoms with Crippen molar-refractivity contribution in [2.24, 2.45) is 12.0 Å². The number of hydrogen-bond acceptors (Lipinski definition) is 7. The summed E-state index contributed by atoms with van der Waals surface area (Å²) in [6.07, 6.45) is -0.657. The Morgan fingerprint density at radius 1 is 1.34 bits per heavy atom. The molecule has 0 aromatic carbocycles. The standard InChI is InChI=1S/C18H28ClN7O2S/c1-13-23-24-17(25(13)2)12-22-18(20-5-6-26-7-9-28-10-8-26)21-11-14(27)15-3-4-16(19)29-15/h3-4,14,27H,5-12H2,1-2H3,(H2,20,21,22). The highest BCUT2D eigenvalue weighted by Crippen LogP contribution is 2.26. The van der Waals surface area contributed by atoms with Gasteiger partial charge in [-0.15, -0.1) is 21.5 Å². The summed E-state index contributed by atoms with van der Waals surface area (Å²) in [6, 6.07) is 3.63. The topological polar surface area (TPSA) is 99.8 Å². The zero-order chi connectivity index (χ0) is 20.6. The van der Waals surface area contributed by atoms with Gasteiger partial charge in [-0.3, -0.25) is 4.90 Å². The maximum Gasteiger partial charge on any atom is 0.191 e. The zero-order valence-electron chi connectivity index (χ0n) is 16.8. The molecule has 0 radical (unpaired) electrons. The van der Waals surface area contributed by atoms with Gasteiger partial charge in [0.2, 0.25) is 0 Å². The molecule has 0 aliphatic carbocycles. The Morgan fingerprint density at radius 3 is 2.79 bits per heavy atom. The Morgan fingerprint density at radius 2 is 2.14 bits per heavy atom. The second-order valence-electron chi connectivity index (χ2n) is 6.81. The lowest BCUT2D eigenvalue weighted by Crippen LogP contribution is -2.45. The van der Waals surface area contributed by atoms with E-state index in [1.165, 1.54) is 11.3 Å². The predicted octanol–water partition coefficient (Wildman–Crippen LogP) is 0.939. The number of hydrogen-bond donors (Lipinski definition) is 3. The van der Waals surface area contributed by atoms with Gasteiger partial charge in [0.15, 0.2) is 11.8 Å². The van der Waals surface area contributed by atoms with Crippen molar-refractivity contribution in [3.63, 3.8) is 0 Å². The summed E-state index contributed by atoms with van der Waals surface area (Å²) in [7, 11) is 1.92. The number of rotatable bonds is 8. The van der Waals surface area contributed by atoms with Crippen molar-refractivity contribution in [2.45, 2.75) is 19.6 Å². The van der Waals surface area contributed by atoms with Crippen molar-refractivity contribution in [3.8, 4) is 0 Å². The average Bonchev–Trinajstić information content (AvgIpc) is 3.30. The number of aryl methyl sites for hydroxylation is 1. The summed E-state index contributed by atoms with van der Waals surface area (Å²) < 4.78 is 7.96. The van der Waals surface area contributed by atoms with Crippen molar-refractivity contribution < 1.29 is 9.84 Å². The van der Waals surface area contributed by atoms with Crippen LogP contribution in [-0.4, -0.2) is 76.7 Å². The summed E-state index contributed by atoms with van der Waals surface area (Å²) >= 11 is 7.34. The van der Waals surface area contributed by atoms with Gasteiger partial charge in [0, 0.05) is 44.6 Å². The van der Waals surface area contributed by atoms with Crippen LogP contribution in [0, 0.1) is 6.92 Å². The van der Waals surface area contributed by atoms with E-state index < -0.39 is 6.10 Å². The number of thiophene rings is 1. The number of nitrogens with one attached hydrogen (secondary N) is 2. The third-order valence-electron chi connectivity index (χ3n) is 4.77. The van der Waals surface area contributed by atoms with Gasteiger partial charge in [0.25, 0.3) is 0 Å². The molecule has 3 heterocycles. The Labute approximate surface area is 179 Å². The minimum atomic E-state index is -0.657. The van der Waals surface area contributed by atoms with Crippen molar-refractivity contribution in [1.29, 1.82) is 0 Å². The first-order chi connectivity index (χ1) is 14.0. The first-order valence-corrected chi connectivity index (χ1v) is 10.8.